The maximum Gasteiger partial charge on any atom is 0.145 e. The van der Waals surface area contributed by atoms with Gasteiger partial charge in [-0.1, -0.05) is 418 Å². The van der Waals surface area contributed by atoms with Crippen molar-refractivity contribution in [3.8, 4) is 129 Å². The van der Waals surface area contributed by atoms with Crippen LogP contribution in [0.15, 0.2) is 504 Å². The van der Waals surface area contributed by atoms with Crippen molar-refractivity contribution in [2.24, 2.45) is 0 Å². The molecule has 0 saturated carbocycles. The highest BCUT2D eigenvalue weighted by Crippen LogP contribution is 2.50. The number of aromatic nitrogens is 6. The van der Waals surface area contributed by atoms with Crippen molar-refractivity contribution >= 4 is 109 Å². The summed E-state index contributed by atoms with van der Waals surface area (Å²) < 4.78 is 6.83. The molecule has 0 amide bonds. The van der Waals surface area contributed by atoms with Gasteiger partial charge in [0.25, 0.3) is 0 Å². The predicted molar refractivity (Wildman–Crippen MR) is 565 cm³/mol. The van der Waals surface area contributed by atoms with Crippen LogP contribution < -0.4 is 0 Å². The van der Waals surface area contributed by atoms with Gasteiger partial charge >= 0.3 is 0 Å². The zero-order valence-corrected chi connectivity index (χ0v) is 73.6. The summed E-state index contributed by atoms with van der Waals surface area (Å²) in [5.41, 5.74) is 31.3. The first-order valence-corrected chi connectivity index (χ1v) is 45.9. The Morgan fingerprint density at radius 3 is 0.806 bits per heavy atom. The Kier molecular flexibility index (Phi) is 20.4. The van der Waals surface area contributed by atoms with E-state index in [4.69, 9.17) is 15.0 Å². The van der Waals surface area contributed by atoms with E-state index in [1.165, 1.54) is 159 Å². The first kappa shape index (κ1) is 79.7. The molecule has 6 heteroatoms. The van der Waals surface area contributed by atoms with Crippen molar-refractivity contribution in [2.45, 2.75) is 6.92 Å². The molecular formula is C128H86N6. The van der Waals surface area contributed by atoms with E-state index < -0.39 is 0 Å². The van der Waals surface area contributed by atoms with Crippen molar-refractivity contribution in [2.75, 3.05) is 0 Å². The number of rotatable bonds is 13. The van der Waals surface area contributed by atoms with Gasteiger partial charge in [0, 0.05) is 33.8 Å². The lowest BCUT2D eigenvalue weighted by atomic mass is 9.85. The molecule has 0 spiro atoms. The molecule has 0 radical (unpaired) electrons. The number of hydrogen-bond donors (Lipinski definition) is 0. The van der Waals surface area contributed by atoms with Crippen LogP contribution in [0.1, 0.15) is 5.56 Å². The zero-order chi connectivity index (χ0) is 88.9. The largest absolute Gasteiger partial charge is 0.292 e. The quantitative estimate of drug-likeness (QED) is 0.108. The summed E-state index contributed by atoms with van der Waals surface area (Å²) in [6.07, 6.45) is 0. The summed E-state index contributed by atoms with van der Waals surface area (Å²) in [5, 5.41) is 17.5. The third kappa shape index (κ3) is 14.4. The van der Waals surface area contributed by atoms with Gasteiger partial charge in [0.1, 0.15) is 17.5 Å². The van der Waals surface area contributed by atoms with E-state index in [0.717, 1.165) is 84.3 Å². The van der Waals surface area contributed by atoms with E-state index in [2.05, 4.69) is 512 Å². The number of imidazole rings is 3. The predicted octanol–water partition coefficient (Wildman–Crippen LogP) is 34.1. The summed E-state index contributed by atoms with van der Waals surface area (Å²) in [5.74, 6) is 2.82. The Morgan fingerprint density at radius 2 is 0.403 bits per heavy atom. The van der Waals surface area contributed by atoms with Gasteiger partial charge in [-0.05, 0) is 251 Å². The normalized spacial score (nSPS) is 11.5. The molecule has 26 aromatic rings. The molecule has 0 aliphatic heterocycles. The molecule has 0 unspecified atom stereocenters. The molecule has 0 N–H and O–H groups in total. The van der Waals surface area contributed by atoms with Gasteiger partial charge in [0.15, 0.2) is 0 Å². The van der Waals surface area contributed by atoms with E-state index in [1.54, 1.807) is 0 Å². The number of para-hydroxylation sites is 7. The van der Waals surface area contributed by atoms with Crippen LogP contribution in [-0.2, 0) is 0 Å². The molecule has 0 aliphatic carbocycles. The fourth-order valence-electron chi connectivity index (χ4n) is 20.4. The van der Waals surface area contributed by atoms with Gasteiger partial charge in [-0.2, -0.15) is 0 Å². The zero-order valence-electron chi connectivity index (χ0n) is 73.6. The maximum absolute atomic E-state index is 5.21. The van der Waals surface area contributed by atoms with E-state index in [1.807, 2.05) is 12.1 Å². The van der Waals surface area contributed by atoms with Crippen molar-refractivity contribution in [3.63, 3.8) is 0 Å². The van der Waals surface area contributed by atoms with Gasteiger partial charge < -0.3 is 0 Å². The molecule has 0 fully saturated rings. The van der Waals surface area contributed by atoms with Gasteiger partial charge in [-0.25, -0.2) is 15.0 Å². The van der Waals surface area contributed by atoms with Gasteiger partial charge in [0.2, 0.25) is 0 Å². The molecule has 23 aromatic carbocycles. The highest BCUT2D eigenvalue weighted by Gasteiger charge is 2.26. The lowest BCUT2D eigenvalue weighted by Gasteiger charge is -2.19. The van der Waals surface area contributed by atoms with Crippen LogP contribution in [0, 0.1) is 6.92 Å². The van der Waals surface area contributed by atoms with Gasteiger partial charge in [0.05, 0.1) is 33.1 Å². The summed E-state index contributed by atoms with van der Waals surface area (Å²) in [7, 11) is 0. The van der Waals surface area contributed by atoms with Crippen LogP contribution in [0.3, 0.4) is 0 Å². The minimum atomic E-state index is 0.934. The lowest BCUT2D eigenvalue weighted by Crippen LogP contribution is -1.98. The second-order valence-electron chi connectivity index (χ2n) is 34.4. The Labute approximate surface area is 776 Å². The highest BCUT2D eigenvalue weighted by molar-refractivity contribution is 6.25. The third-order valence-corrected chi connectivity index (χ3v) is 26.4. The lowest BCUT2D eigenvalue weighted by molar-refractivity contribution is 1.10. The molecule has 0 bridgehead atoms. The Hall–Kier alpha value is -17.7. The first-order valence-electron chi connectivity index (χ1n) is 45.9. The SMILES string of the molecule is Cc1ccc2c(-c3ccccc3)c3ccccc3c(-c3ccc(-n4c(-c5ccccc5)nc5ccccc54)cc3)c2c1.c1ccc(-c2c3ccccc3c(-c3ccc4ccccc4c3)c3ccc(-c4nc5ccccc5n4-c4ccccc4)cc23)cc1.c1ccc(-c2ccc3c(-c4ccccc4)c4ccccc4c(-c4ccc(-n5c(-c6ccccc6)nc6ccccc65)cc4)c3c2)cc1. The Bertz CT molecular complexity index is 8940. The monoisotopic (exact) mass is 1710 g/mol. The number of hydrogen-bond acceptors (Lipinski definition) is 3. The number of nitrogens with zero attached hydrogens (tertiary/aromatic N) is 6. The summed E-state index contributed by atoms with van der Waals surface area (Å²) in [6.45, 7) is 2.18. The van der Waals surface area contributed by atoms with Crippen LogP contribution in [0.25, 0.3) is 238 Å². The summed E-state index contributed by atoms with van der Waals surface area (Å²) >= 11 is 0. The number of aryl methyl sites for hydroxylation is 1. The molecule has 628 valence electrons. The molecular weight excluding hydrogens is 1620 g/mol. The summed E-state index contributed by atoms with van der Waals surface area (Å²) in [6, 6.07) is 180. The van der Waals surface area contributed by atoms with Crippen molar-refractivity contribution in [3.05, 3.63) is 509 Å². The molecule has 6 nitrogen and oxygen atoms in total. The van der Waals surface area contributed by atoms with E-state index in [9.17, 15) is 0 Å². The number of benzene rings is 23. The Balaban J connectivity index is 0.000000111. The molecule has 0 aliphatic rings. The van der Waals surface area contributed by atoms with Crippen molar-refractivity contribution < 1.29 is 0 Å². The smallest absolute Gasteiger partial charge is 0.145 e. The van der Waals surface area contributed by atoms with Gasteiger partial charge in [-0.3, -0.25) is 13.7 Å². The molecule has 0 saturated heterocycles. The first-order chi connectivity index (χ1) is 66.4. The van der Waals surface area contributed by atoms with E-state index in [0.29, 0.717) is 0 Å². The average Bonchev–Trinajstić information content (AvgIpc) is 0.864. The second-order valence-corrected chi connectivity index (χ2v) is 34.4. The van der Waals surface area contributed by atoms with Crippen LogP contribution in [-0.4, -0.2) is 28.7 Å². The van der Waals surface area contributed by atoms with E-state index in [-0.39, 0.29) is 0 Å². The Morgan fingerprint density at radius 1 is 0.149 bits per heavy atom. The van der Waals surface area contributed by atoms with Crippen molar-refractivity contribution in [1.29, 1.82) is 0 Å². The van der Waals surface area contributed by atoms with E-state index >= 15 is 0 Å². The molecule has 134 heavy (non-hydrogen) atoms. The highest BCUT2D eigenvalue weighted by atomic mass is 15.1. The van der Waals surface area contributed by atoms with Crippen LogP contribution in [0.4, 0.5) is 0 Å². The standard InChI is InChI=1S/C45H30N2.C43H28N2.C40H28N2/c1-4-14-31(15-5-1)35-26-29-39-40(30-35)44(38-21-11-10-20-37(38)43(39)32-16-6-2-7-17-32)33-24-27-36(28-25-33)47-42-23-13-12-22-41(42)46-45(47)34-18-8-3-9-19-34;1-3-14-30(15-4-1)41-35-19-9-10-20-36(35)42(32-24-23-29-13-7-8-16-31(29)27-32)37-26-25-33(28-38(37)41)43-44-39-21-11-12-22-40(39)45(43)34-17-5-2-6-18-34;1-27-20-25-34-35(26-27)39(33-17-9-8-16-32(33)38(34)28-12-4-2-5-13-28)29-21-23-31(24-22-29)42-37-19-11-10-18-36(37)41-40(42)30-14-6-3-7-15-30/h1-30H;1-28H;2-26H,1H3. The molecule has 0 atom stereocenters. The topological polar surface area (TPSA) is 53.5 Å². The fraction of sp³-hybridized carbons (Fsp3) is 0.00781. The average molecular weight is 1710 g/mol. The summed E-state index contributed by atoms with van der Waals surface area (Å²) in [4.78, 5) is 15.3. The molecule has 3 aromatic heterocycles. The van der Waals surface area contributed by atoms with Crippen molar-refractivity contribution in [1.82, 2.24) is 28.7 Å². The fourth-order valence-corrected chi connectivity index (χ4v) is 20.4. The van der Waals surface area contributed by atoms with Crippen LogP contribution >= 0.6 is 0 Å². The van der Waals surface area contributed by atoms with Crippen LogP contribution in [0.2, 0.25) is 0 Å². The molecule has 3 heterocycles. The minimum absolute atomic E-state index is 0.934. The molecule has 26 rings (SSSR count). The van der Waals surface area contributed by atoms with Gasteiger partial charge in [-0.15, -0.1) is 0 Å². The third-order valence-electron chi connectivity index (χ3n) is 26.4. The van der Waals surface area contributed by atoms with Crippen LogP contribution in [0.5, 0.6) is 0 Å². The maximum atomic E-state index is 5.21. The second kappa shape index (κ2) is 34.4. The number of fused-ring (bicyclic) bond motifs is 10. The minimum Gasteiger partial charge on any atom is -0.292 e.